The topological polar surface area (TPSA) is 93.1 Å². The number of benzene rings is 1. The van der Waals surface area contributed by atoms with Gasteiger partial charge >= 0.3 is 0 Å². The number of likely N-dealkylation sites (N-methyl/N-ethyl adjacent to an activating group) is 1. The number of halogens is 1. The van der Waals surface area contributed by atoms with E-state index in [1.54, 1.807) is 0 Å². The van der Waals surface area contributed by atoms with Gasteiger partial charge in [0.25, 0.3) is 10.0 Å². The summed E-state index contributed by atoms with van der Waals surface area (Å²) >= 11 is 5.72. The molecule has 0 saturated carbocycles. The lowest BCUT2D eigenvalue weighted by molar-refractivity contribution is -0.121. The summed E-state index contributed by atoms with van der Waals surface area (Å²) in [6.07, 6.45) is 2.76. The summed E-state index contributed by atoms with van der Waals surface area (Å²) in [7, 11) is -2.20. The molecule has 21 heavy (non-hydrogen) atoms. The van der Waals surface area contributed by atoms with Crippen LogP contribution in [0, 0.1) is 0 Å². The van der Waals surface area contributed by atoms with E-state index in [1.165, 1.54) is 48.4 Å². The molecule has 0 aliphatic rings. The monoisotopic (exact) mass is 328 g/mol. The Morgan fingerprint density at radius 1 is 1.33 bits per heavy atom. The van der Waals surface area contributed by atoms with Gasteiger partial charge in [0.2, 0.25) is 5.91 Å². The molecule has 0 spiro atoms. The number of anilines is 1. The van der Waals surface area contributed by atoms with Crippen LogP contribution < -0.4 is 10.0 Å². The number of amides is 1. The Balaban J connectivity index is 2.14. The number of carbonyl (C=O) groups excluding carboxylic acids is 1. The van der Waals surface area contributed by atoms with Crippen molar-refractivity contribution in [1.82, 2.24) is 15.1 Å². The molecular formula is C12H13ClN4O3S. The Labute approximate surface area is 127 Å². The molecule has 0 radical (unpaired) electrons. The second kappa shape index (κ2) is 6.15. The first kappa shape index (κ1) is 15.3. The van der Waals surface area contributed by atoms with Crippen molar-refractivity contribution in [3.05, 3.63) is 41.7 Å². The maximum absolute atomic E-state index is 12.1. The van der Waals surface area contributed by atoms with E-state index in [1.807, 2.05) is 0 Å². The lowest BCUT2D eigenvalue weighted by Crippen LogP contribution is -2.23. The summed E-state index contributed by atoms with van der Waals surface area (Å²) < 4.78 is 28.0. The van der Waals surface area contributed by atoms with Gasteiger partial charge in [-0.15, -0.1) is 0 Å². The van der Waals surface area contributed by atoms with Crippen LogP contribution in [0.3, 0.4) is 0 Å². The third-order valence-corrected chi connectivity index (χ3v) is 4.24. The molecule has 1 heterocycles. The van der Waals surface area contributed by atoms with Gasteiger partial charge in [0.15, 0.2) is 0 Å². The van der Waals surface area contributed by atoms with Crippen LogP contribution in [0.1, 0.15) is 0 Å². The molecular weight excluding hydrogens is 316 g/mol. The minimum absolute atomic E-state index is 0.0131. The van der Waals surface area contributed by atoms with Crippen LogP contribution in [0.5, 0.6) is 0 Å². The van der Waals surface area contributed by atoms with Crippen molar-refractivity contribution in [2.24, 2.45) is 0 Å². The average molecular weight is 329 g/mol. The van der Waals surface area contributed by atoms with Crippen LogP contribution in [-0.2, 0) is 21.4 Å². The third-order valence-electron chi connectivity index (χ3n) is 2.59. The fourth-order valence-electron chi connectivity index (χ4n) is 1.56. The lowest BCUT2D eigenvalue weighted by atomic mass is 10.4. The van der Waals surface area contributed by atoms with Crippen LogP contribution in [0.4, 0.5) is 5.69 Å². The van der Waals surface area contributed by atoms with E-state index in [0.29, 0.717) is 5.02 Å². The number of aromatic nitrogens is 2. The van der Waals surface area contributed by atoms with Gasteiger partial charge < -0.3 is 5.32 Å². The third kappa shape index (κ3) is 3.96. The number of hydrogen-bond acceptors (Lipinski definition) is 4. The van der Waals surface area contributed by atoms with E-state index in [4.69, 9.17) is 11.6 Å². The average Bonchev–Trinajstić information content (AvgIpc) is 2.85. The van der Waals surface area contributed by atoms with Crippen molar-refractivity contribution >= 4 is 33.2 Å². The quantitative estimate of drug-likeness (QED) is 0.859. The number of nitrogens with zero attached hydrogens (tertiary/aromatic N) is 2. The first-order chi connectivity index (χ1) is 9.90. The molecule has 0 bridgehead atoms. The van der Waals surface area contributed by atoms with Gasteiger partial charge in [-0.2, -0.15) is 5.10 Å². The minimum atomic E-state index is -3.71. The fraction of sp³-hybridized carbons (Fsp3) is 0.167. The smallest absolute Gasteiger partial charge is 0.261 e. The molecule has 0 saturated heterocycles. The standard InChI is InChI=1S/C12H13ClN4O3S/c1-14-12(18)8-17-7-10(6-15-17)16-21(19,20)11-4-2-9(13)3-5-11/h2-7,16H,8H2,1H3,(H,14,18). The van der Waals surface area contributed by atoms with Crippen molar-refractivity contribution in [3.8, 4) is 0 Å². The predicted molar refractivity (Wildman–Crippen MR) is 78.6 cm³/mol. The predicted octanol–water partition coefficient (Wildman–Crippen LogP) is 1.08. The van der Waals surface area contributed by atoms with Crippen LogP contribution in [-0.4, -0.2) is 31.2 Å². The highest BCUT2D eigenvalue weighted by Gasteiger charge is 2.15. The second-order valence-corrected chi connectivity index (χ2v) is 6.28. The summed E-state index contributed by atoms with van der Waals surface area (Å²) in [6, 6.07) is 5.79. The molecule has 112 valence electrons. The summed E-state index contributed by atoms with van der Waals surface area (Å²) in [6.45, 7) is 0.0131. The normalized spacial score (nSPS) is 11.1. The van der Waals surface area contributed by atoms with Crippen molar-refractivity contribution in [2.45, 2.75) is 11.4 Å². The molecule has 0 aliphatic heterocycles. The zero-order valence-electron chi connectivity index (χ0n) is 11.1. The van der Waals surface area contributed by atoms with Gasteiger partial charge in [-0.05, 0) is 24.3 Å². The molecule has 1 aromatic heterocycles. The van der Waals surface area contributed by atoms with Gasteiger partial charge in [-0.25, -0.2) is 8.42 Å². The highest BCUT2D eigenvalue weighted by atomic mass is 35.5. The molecule has 0 fully saturated rings. The summed E-state index contributed by atoms with van der Waals surface area (Å²) in [5, 5.41) is 6.81. The summed E-state index contributed by atoms with van der Waals surface area (Å²) in [5.74, 6) is -0.231. The Kier molecular flexibility index (Phi) is 4.49. The number of rotatable bonds is 5. The van der Waals surface area contributed by atoms with Crippen molar-refractivity contribution in [3.63, 3.8) is 0 Å². The van der Waals surface area contributed by atoms with Crippen LogP contribution in [0.25, 0.3) is 0 Å². The number of carbonyl (C=O) groups is 1. The van der Waals surface area contributed by atoms with E-state index in [0.717, 1.165) is 0 Å². The van der Waals surface area contributed by atoms with Crippen molar-refractivity contribution in [2.75, 3.05) is 11.8 Å². The highest BCUT2D eigenvalue weighted by molar-refractivity contribution is 7.92. The van der Waals surface area contributed by atoms with Crippen LogP contribution in [0.15, 0.2) is 41.6 Å². The Hall–Kier alpha value is -2.06. The van der Waals surface area contributed by atoms with Crippen molar-refractivity contribution in [1.29, 1.82) is 0 Å². The molecule has 0 aliphatic carbocycles. The molecule has 2 aromatic rings. The zero-order chi connectivity index (χ0) is 15.5. The maximum atomic E-state index is 12.1. The minimum Gasteiger partial charge on any atom is -0.358 e. The largest absolute Gasteiger partial charge is 0.358 e. The number of hydrogen-bond donors (Lipinski definition) is 2. The lowest BCUT2D eigenvalue weighted by Gasteiger charge is -2.05. The highest BCUT2D eigenvalue weighted by Crippen LogP contribution is 2.17. The van der Waals surface area contributed by atoms with Gasteiger partial charge in [-0.1, -0.05) is 11.6 Å². The molecule has 0 unspecified atom stereocenters. The second-order valence-electron chi connectivity index (χ2n) is 4.16. The first-order valence-corrected chi connectivity index (χ1v) is 7.78. The van der Waals surface area contributed by atoms with Crippen LogP contribution in [0.2, 0.25) is 5.02 Å². The molecule has 2 N–H and O–H groups in total. The maximum Gasteiger partial charge on any atom is 0.261 e. The van der Waals surface area contributed by atoms with E-state index in [-0.39, 0.29) is 23.0 Å². The van der Waals surface area contributed by atoms with Gasteiger partial charge in [0.05, 0.1) is 16.8 Å². The molecule has 7 nitrogen and oxygen atoms in total. The van der Waals surface area contributed by atoms with Gasteiger partial charge in [-0.3, -0.25) is 14.2 Å². The van der Waals surface area contributed by atoms with Crippen LogP contribution >= 0.6 is 11.6 Å². The van der Waals surface area contributed by atoms with Gasteiger partial charge in [0.1, 0.15) is 6.54 Å². The fourth-order valence-corrected chi connectivity index (χ4v) is 2.71. The SMILES string of the molecule is CNC(=O)Cn1cc(NS(=O)(=O)c2ccc(Cl)cc2)cn1. The Morgan fingerprint density at radius 3 is 2.62 bits per heavy atom. The van der Waals surface area contributed by atoms with E-state index < -0.39 is 10.0 Å². The Morgan fingerprint density at radius 2 is 2.00 bits per heavy atom. The van der Waals surface area contributed by atoms with Gasteiger partial charge in [0, 0.05) is 18.3 Å². The molecule has 1 amide bonds. The van der Waals surface area contributed by atoms with Crippen molar-refractivity contribution < 1.29 is 13.2 Å². The van der Waals surface area contributed by atoms with E-state index >= 15 is 0 Å². The summed E-state index contributed by atoms with van der Waals surface area (Å²) in [5.41, 5.74) is 0.272. The van der Waals surface area contributed by atoms with E-state index in [9.17, 15) is 13.2 Å². The zero-order valence-corrected chi connectivity index (χ0v) is 12.6. The van der Waals surface area contributed by atoms with E-state index in [2.05, 4.69) is 15.1 Å². The molecule has 1 aromatic carbocycles. The molecule has 9 heteroatoms. The molecule has 0 atom stereocenters. The number of sulfonamides is 1. The number of nitrogens with one attached hydrogen (secondary N) is 2. The Bertz CT molecular complexity index is 740. The first-order valence-electron chi connectivity index (χ1n) is 5.92. The summed E-state index contributed by atoms with van der Waals surface area (Å²) in [4.78, 5) is 11.3. The molecule has 2 rings (SSSR count).